The van der Waals surface area contributed by atoms with Crippen LogP contribution in [0.3, 0.4) is 0 Å². The first-order valence-electron chi connectivity index (χ1n) is 11.3. The van der Waals surface area contributed by atoms with Crippen LogP contribution in [-0.4, -0.2) is 20.0 Å². The molecule has 5 rings (SSSR count). The van der Waals surface area contributed by atoms with Gasteiger partial charge in [-0.15, -0.1) is 0 Å². The number of nitriles is 1. The summed E-state index contributed by atoms with van der Waals surface area (Å²) in [4.78, 5) is 14.9. The Morgan fingerprint density at radius 3 is 2.33 bits per heavy atom. The molecule has 1 heterocycles. The SMILES string of the molecule is CN(C)c1ccc2c(c1NNC#N)Nc1c(-c3ccccc3)ccc(NC(=O)c3ccccc3)c1O2. The topological polar surface area (TPSA) is 101 Å². The van der Waals surface area contributed by atoms with Gasteiger partial charge in [-0.25, -0.2) is 5.43 Å². The van der Waals surface area contributed by atoms with Gasteiger partial charge in [-0.1, -0.05) is 48.5 Å². The molecular weight excluding hydrogens is 452 g/mol. The van der Waals surface area contributed by atoms with Crippen molar-refractivity contribution in [3.63, 3.8) is 0 Å². The zero-order chi connectivity index (χ0) is 25.1. The van der Waals surface area contributed by atoms with E-state index in [1.807, 2.05) is 98.0 Å². The Hall–Kier alpha value is -5.16. The Balaban J connectivity index is 1.63. The molecule has 0 fully saturated rings. The number of fused-ring (bicyclic) bond motifs is 2. The maximum absolute atomic E-state index is 13.0. The molecule has 0 radical (unpaired) electrons. The summed E-state index contributed by atoms with van der Waals surface area (Å²) in [5.41, 5.74) is 11.3. The number of anilines is 5. The van der Waals surface area contributed by atoms with E-state index in [4.69, 9.17) is 10.00 Å². The van der Waals surface area contributed by atoms with Crippen molar-refractivity contribution in [2.45, 2.75) is 0 Å². The molecule has 8 heteroatoms. The number of hydrogen-bond acceptors (Lipinski definition) is 7. The number of nitrogens with zero attached hydrogens (tertiary/aromatic N) is 2. The second-order valence-corrected chi connectivity index (χ2v) is 8.37. The van der Waals surface area contributed by atoms with E-state index in [0.717, 1.165) is 16.8 Å². The lowest BCUT2D eigenvalue weighted by Crippen LogP contribution is -2.21. The molecule has 1 amide bonds. The molecule has 0 atom stereocenters. The average Bonchev–Trinajstić information content (AvgIpc) is 2.91. The van der Waals surface area contributed by atoms with Crippen molar-refractivity contribution in [1.29, 1.82) is 5.26 Å². The molecule has 178 valence electrons. The Kier molecular flexibility index (Phi) is 6.03. The number of hydrogen-bond donors (Lipinski definition) is 4. The highest BCUT2D eigenvalue weighted by molar-refractivity contribution is 6.07. The quantitative estimate of drug-likeness (QED) is 0.137. The maximum Gasteiger partial charge on any atom is 0.255 e. The van der Waals surface area contributed by atoms with Crippen molar-refractivity contribution < 1.29 is 9.53 Å². The number of carbonyl (C=O) groups is 1. The Morgan fingerprint density at radius 1 is 0.917 bits per heavy atom. The molecule has 1 aliphatic rings. The molecule has 0 saturated carbocycles. The monoisotopic (exact) mass is 476 g/mol. The van der Waals surface area contributed by atoms with E-state index in [1.54, 1.807) is 12.1 Å². The molecule has 4 N–H and O–H groups in total. The van der Waals surface area contributed by atoms with Crippen LogP contribution in [0.1, 0.15) is 10.4 Å². The Morgan fingerprint density at radius 2 is 1.64 bits per heavy atom. The highest BCUT2D eigenvalue weighted by Crippen LogP contribution is 2.53. The smallest absolute Gasteiger partial charge is 0.255 e. The van der Waals surface area contributed by atoms with Gasteiger partial charge in [-0.2, -0.15) is 5.26 Å². The van der Waals surface area contributed by atoms with E-state index in [-0.39, 0.29) is 5.91 Å². The normalized spacial score (nSPS) is 11.0. The fourth-order valence-corrected chi connectivity index (χ4v) is 4.16. The van der Waals surface area contributed by atoms with E-state index in [9.17, 15) is 4.79 Å². The summed E-state index contributed by atoms with van der Waals surface area (Å²) in [6.07, 6.45) is 1.90. The zero-order valence-electron chi connectivity index (χ0n) is 19.8. The number of benzene rings is 4. The second kappa shape index (κ2) is 9.60. The van der Waals surface area contributed by atoms with Crippen LogP contribution in [-0.2, 0) is 0 Å². The van der Waals surface area contributed by atoms with Crippen molar-refractivity contribution in [2.75, 3.05) is 35.1 Å². The van der Waals surface area contributed by atoms with Gasteiger partial charge in [-0.3, -0.25) is 10.2 Å². The van der Waals surface area contributed by atoms with Gasteiger partial charge in [0.25, 0.3) is 5.91 Å². The molecule has 0 bridgehead atoms. The third kappa shape index (κ3) is 4.21. The molecule has 0 unspecified atom stereocenters. The predicted molar refractivity (Wildman–Crippen MR) is 143 cm³/mol. The summed E-state index contributed by atoms with van der Waals surface area (Å²) in [6.45, 7) is 0. The van der Waals surface area contributed by atoms with Crippen LogP contribution in [0.4, 0.5) is 28.4 Å². The average molecular weight is 477 g/mol. The van der Waals surface area contributed by atoms with Crippen molar-refractivity contribution in [3.8, 4) is 28.8 Å². The van der Waals surface area contributed by atoms with Crippen molar-refractivity contribution in [1.82, 2.24) is 5.43 Å². The Bertz CT molecular complexity index is 1460. The molecule has 0 saturated heterocycles. The van der Waals surface area contributed by atoms with Crippen LogP contribution in [0, 0.1) is 11.5 Å². The summed E-state index contributed by atoms with van der Waals surface area (Å²) in [5, 5.41) is 15.6. The van der Waals surface area contributed by atoms with Gasteiger partial charge >= 0.3 is 0 Å². The third-order valence-corrected chi connectivity index (χ3v) is 5.86. The Labute approximate surface area is 209 Å². The van der Waals surface area contributed by atoms with Crippen LogP contribution in [0.2, 0.25) is 0 Å². The van der Waals surface area contributed by atoms with Gasteiger partial charge in [0.2, 0.25) is 0 Å². The molecule has 36 heavy (non-hydrogen) atoms. The molecule has 0 aliphatic carbocycles. The van der Waals surface area contributed by atoms with Crippen molar-refractivity contribution >= 4 is 34.3 Å². The highest BCUT2D eigenvalue weighted by atomic mass is 16.5. The molecule has 1 aliphatic heterocycles. The summed E-state index contributed by atoms with van der Waals surface area (Å²) in [5.74, 6) is 0.823. The number of hydrazine groups is 1. The molecule has 0 aromatic heterocycles. The van der Waals surface area contributed by atoms with Crippen LogP contribution in [0.5, 0.6) is 11.5 Å². The second-order valence-electron chi connectivity index (χ2n) is 8.37. The largest absolute Gasteiger partial charge is 0.451 e. The van der Waals surface area contributed by atoms with E-state index >= 15 is 0 Å². The van der Waals surface area contributed by atoms with E-state index in [2.05, 4.69) is 21.5 Å². The number of amides is 1. The maximum atomic E-state index is 13.0. The van der Waals surface area contributed by atoms with Crippen LogP contribution < -0.4 is 31.1 Å². The van der Waals surface area contributed by atoms with Crippen LogP contribution >= 0.6 is 0 Å². The van der Waals surface area contributed by atoms with Crippen LogP contribution in [0.15, 0.2) is 84.9 Å². The predicted octanol–water partition coefficient (Wildman–Crippen LogP) is 5.92. The van der Waals surface area contributed by atoms with Gasteiger partial charge in [0, 0.05) is 25.2 Å². The summed E-state index contributed by atoms with van der Waals surface area (Å²) in [6, 6.07) is 26.5. The van der Waals surface area contributed by atoms with Gasteiger partial charge in [0.05, 0.1) is 17.1 Å². The number of ether oxygens (including phenoxy) is 1. The first kappa shape index (κ1) is 22.6. The molecule has 0 spiro atoms. The molecule has 8 nitrogen and oxygen atoms in total. The number of rotatable bonds is 6. The summed E-state index contributed by atoms with van der Waals surface area (Å²) in [7, 11) is 3.84. The standard InChI is InChI=1S/C28H24N6O2/c1-34(2)22-15-16-23-26(25(22)33-30-17-29)32-24-20(18-9-5-3-6-10-18)13-14-21(27(24)36-23)31-28(35)19-11-7-4-8-12-19/h3-16,30,32-33H,1-2H3,(H,31,35). The lowest BCUT2D eigenvalue weighted by Gasteiger charge is -2.30. The fourth-order valence-electron chi connectivity index (χ4n) is 4.16. The number of nitrogens with one attached hydrogen (secondary N) is 4. The fraction of sp³-hybridized carbons (Fsp3) is 0.0714. The molecule has 4 aromatic rings. The van der Waals surface area contributed by atoms with Crippen molar-refractivity contribution in [2.24, 2.45) is 0 Å². The van der Waals surface area contributed by atoms with Gasteiger partial charge in [0.1, 0.15) is 11.4 Å². The minimum atomic E-state index is -0.233. The van der Waals surface area contributed by atoms with Crippen LogP contribution in [0.25, 0.3) is 11.1 Å². The zero-order valence-corrected chi connectivity index (χ0v) is 19.8. The van der Waals surface area contributed by atoms with E-state index < -0.39 is 0 Å². The summed E-state index contributed by atoms with van der Waals surface area (Å²) < 4.78 is 6.42. The minimum absolute atomic E-state index is 0.233. The van der Waals surface area contributed by atoms with Gasteiger partial charge < -0.3 is 20.3 Å². The third-order valence-electron chi connectivity index (χ3n) is 5.86. The minimum Gasteiger partial charge on any atom is -0.451 e. The van der Waals surface area contributed by atoms with Gasteiger partial charge in [-0.05, 0) is 42.0 Å². The molecular formula is C28H24N6O2. The highest BCUT2D eigenvalue weighted by Gasteiger charge is 2.28. The molecule has 4 aromatic carbocycles. The first-order chi connectivity index (χ1) is 17.6. The van der Waals surface area contributed by atoms with E-state index in [0.29, 0.717) is 39.8 Å². The van der Waals surface area contributed by atoms with Crippen molar-refractivity contribution in [3.05, 3.63) is 90.5 Å². The van der Waals surface area contributed by atoms with E-state index in [1.165, 1.54) is 0 Å². The lowest BCUT2D eigenvalue weighted by molar-refractivity contribution is 0.102. The first-order valence-corrected chi connectivity index (χ1v) is 11.3. The summed E-state index contributed by atoms with van der Waals surface area (Å²) >= 11 is 0. The van der Waals surface area contributed by atoms with Gasteiger partial charge in [0.15, 0.2) is 17.7 Å². The number of carbonyl (C=O) groups excluding carboxylic acids is 1. The lowest BCUT2D eigenvalue weighted by atomic mass is 10.00.